The molecule has 0 saturated carbocycles. The Morgan fingerprint density at radius 1 is 1.29 bits per heavy atom. The quantitative estimate of drug-likeness (QED) is 0.813. The molecule has 0 heterocycles. The topological polar surface area (TPSA) is 35.5 Å². The summed E-state index contributed by atoms with van der Waals surface area (Å²) in [7, 11) is 0. The number of nitrogens with one attached hydrogen (secondary N) is 1. The fraction of sp³-hybridized carbons (Fsp3) is 0.600. The van der Waals surface area contributed by atoms with E-state index >= 15 is 0 Å². The largest absolute Gasteiger partial charge is 0.395 e. The zero-order valence-electron chi connectivity index (χ0n) is 12.7. The van der Waals surface area contributed by atoms with Crippen molar-refractivity contribution >= 4 is 5.69 Å². The van der Waals surface area contributed by atoms with Crippen molar-refractivity contribution in [1.29, 1.82) is 0 Å². The molecule has 0 aliphatic carbocycles. The number of anilines is 1. The van der Waals surface area contributed by atoms with Crippen LogP contribution < -0.4 is 10.2 Å². The Bertz CT molecular complexity index is 447. The molecule has 120 valence electrons. The van der Waals surface area contributed by atoms with Crippen LogP contribution in [-0.4, -0.2) is 36.8 Å². The van der Waals surface area contributed by atoms with E-state index in [0.29, 0.717) is 11.3 Å². The zero-order chi connectivity index (χ0) is 16.0. The van der Waals surface area contributed by atoms with Crippen molar-refractivity contribution in [2.24, 2.45) is 0 Å². The van der Waals surface area contributed by atoms with Crippen molar-refractivity contribution in [3.8, 4) is 0 Å². The van der Waals surface area contributed by atoms with Gasteiger partial charge in [0.05, 0.1) is 13.2 Å². The summed E-state index contributed by atoms with van der Waals surface area (Å²) in [6, 6.07) is 4.39. The maximum atomic E-state index is 14.0. The molecule has 0 amide bonds. The number of hydrogen-bond donors (Lipinski definition) is 2. The van der Waals surface area contributed by atoms with Gasteiger partial charge >= 0.3 is 0 Å². The van der Waals surface area contributed by atoms with E-state index in [9.17, 15) is 13.2 Å². The molecule has 2 N–H and O–H groups in total. The predicted molar refractivity (Wildman–Crippen MR) is 78.3 cm³/mol. The van der Waals surface area contributed by atoms with Gasteiger partial charge in [0.25, 0.3) is 6.43 Å². The lowest BCUT2D eigenvalue weighted by molar-refractivity contribution is 0.152. The molecule has 0 aliphatic heterocycles. The first-order chi connectivity index (χ1) is 9.74. The van der Waals surface area contributed by atoms with Crippen molar-refractivity contribution in [2.45, 2.75) is 39.3 Å². The van der Waals surface area contributed by atoms with E-state index in [4.69, 9.17) is 5.11 Å². The monoisotopic (exact) mass is 304 g/mol. The van der Waals surface area contributed by atoms with Crippen LogP contribution in [0, 0.1) is 5.82 Å². The minimum absolute atomic E-state index is 0.0380. The van der Waals surface area contributed by atoms with Gasteiger partial charge in [0, 0.05) is 29.9 Å². The molecule has 0 radical (unpaired) electrons. The number of rotatable bonds is 7. The van der Waals surface area contributed by atoms with E-state index in [1.54, 1.807) is 6.07 Å². The number of benzene rings is 1. The van der Waals surface area contributed by atoms with Gasteiger partial charge in [-0.15, -0.1) is 0 Å². The fourth-order valence-corrected chi connectivity index (χ4v) is 1.97. The minimum atomic E-state index is -2.55. The number of alkyl halides is 2. The molecule has 0 unspecified atom stereocenters. The summed E-state index contributed by atoms with van der Waals surface area (Å²) in [5, 5.41) is 12.2. The van der Waals surface area contributed by atoms with Crippen LogP contribution in [0.25, 0.3) is 0 Å². The molecule has 1 aromatic carbocycles. The summed E-state index contributed by atoms with van der Waals surface area (Å²) in [5.74, 6) is -0.443. The third kappa shape index (κ3) is 5.93. The maximum Gasteiger partial charge on any atom is 0.255 e. The molecule has 1 rings (SSSR count). The van der Waals surface area contributed by atoms with Crippen LogP contribution in [0.4, 0.5) is 18.9 Å². The highest BCUT2D eigenvalue weighted by Gasteiger charge is 2.19. The van der Waals surface area contributed by atoms with Crippen LogP contribution in [-0.2, 0) is 6.54 Å². The van der Waals surface area contributed by atoms with Crippen molar-refractivity contribution in [3.05, 3.63) is 29.6 Å². The van der Waals surface area contributed by atoms with Crippen molar-refractivity contribution in [2.75, 3.05) is 24.6 Å². The van der Waals surface area contributed by atoms with Gasteiger partial charge in [0.2, 0.25) is 0 Å². The lowest BCUT2D eigenvalue weighted by atomic mass is 10.1. The normalized spacial score (nSPS) is 12.0. The highest BCUT2D eigenvalue weighted by atomic mass is 19.3. The summed E-state index contributed by atoms with van der Waals surface area (Å²) >= 11 is 0. The second-order valence-electron chi connectivity index (χ2n) is 5.90. The van der Waals surface area contributed by atoms with Crippen LogP contribution in [0.1, 0.15) is 26.3 Å². The Morgan fingerprint density at radius 3 is 2.48 bits per heavy atom. The molecular weight excluding hydrogens is 281 g/mol. The predicted octanol–water partition coefficient (Wildman–Crippen LogP) is 2.78. The Morgan fingerprint density at radius 2 is 1.95 bits per heavy atom. The molecule has 0 aliphatic rings. The lowest BCUT2D eigenvalue weighted by Gasteiger charge is -2.28. The van der Waals surface area contributed by atoms with E-state index in [2.05, 4.69) is 5.32 Å². The number of halogens is 3. The molecule has 3 nitrogen and oxygen atoms in total. The molecule has 6 heteroatoms. The van der Waals surface area contributed by atoms with E-state index in [1.807, 2.05) is 20.8 Å². The molecule has 0 fully saturated rings. The van der Waals surface area contributed by atoms with Gasteiger partial charge in [-0.25, -0.2) is 13.2 Å². The first-order valence-corrected chi connectivity index (χ1v) is 6.91. The maximum absolute atomic E-state index is 14.0. The number of hydrogen-bond acceptors (Lipinski definition) is 3. The zero-order valence-corrected chi connectivity index (χ0v) is 12.7. The lowest BCUT2D eigenvalue weighted by Crippen LogP contribution is -2.37. The first kappa shape index (κ1) is 17.8. The second-order valence-corrected chi connectivity index (χ2v) is 5.90. The van der Waals surface area contributed by atoms with Gasteiger partial charge < -0.3 is 15.3 Å². The van der Waals surface area contributed by atoms with Crippen molar-refractivity contribution < 1.29 is 18.3 Å². The van der Waals surface area contributed by atoms with E-state index in [0.717, 1.165) is 0 Å². The molecule has 1 aromatic rings. The third-order valence-electron chi connectivity index (χ3n) is 2.96. The van der Waals surface area contributed by atoms with Crippen LogP contribution in [0.15, 0.2) is 18.2 Å². The van der Waals surface area contributed by atoms with Gasteiger partial charge in [0.15, 0.2) is 0 Å². The standard InChI is InChI=1S/C15H23F3N2O/c1-15(2,3)19-9-11-12(16)5-4-6-13(11)20(7-8-21)10-14(17)18/h4-6,14,19,21H,7-10H2,1-3H3. The fourth-order valence-electron chi connectivity index (χ4n) is 1.97. The van der Waals surface area contributed by atoms with Crippen molar-refractivity contribution in [3.63, 3.8) is 0 Å². The molecule has 0 atom stereocenters. The van der Waals surface area contributed by atoms with E-state index in [-0.39, 0.29) is 25.2 Å². The Kier molecular flexibility index (Phi) is 6.48. The third-order valence-corrected chi connectivity index (χ3v) is 2.96. The van der Waals surface area contributed by atoms with Gasteiger partial charge in [-0.2, -0.15) is 0 Å². The van der Waals surface area contributed by atoms with Crippen LogP contribution in [0.3, 0.4) is 0 Å². The summed E-state index contributed by atoms with van der Waals surface area (Å²) < 4.78 is 39.4. The SMILES string of the molecule is CC(C)(C)NCc1c(F)cccc1N(CCO)CC(F)F. The van der Waals surface area contributed by atoms with Crippen LogP contribution in [0.2, 0.25) is 0 Å². The van der Waals surface area contributed by atoms with Gasteiger partial charge in [0.1, 0.15) is 5.82 Å². The van der Waals surface area contributed by atoms with Gasteiger partial charge in [-0.1, -0.05) is 6.07 Å². The highest BCUT2D eigenvalue weighted by Crippen LogP contribution is 2.24. The molecular formula is C15H23F3N2O. The Labute approximate surface area is 123 Å². The van der Waals surface area contributed by atoms with Gasteiger partial charge in [-0.05, 0) is 32.9 Å². The Balaban J connectivity index is 3.05. The molecule has 0 saturated heterocycles. The van der Waals surface area contributed by atoms with Crippen LogP contribution in [0.5, 0.6) is 0 Å². The first-order valence-electron chi connectivity index (χ1n) is 6.91. The van der Waals surface area contributed by atoms with E-state index < -0.39 is 18.8 Å². The molecule has 0 spiro atoms. The summed E-state index contributed by atoms with van der Waals surface area (Å²) in [5.41, 5.74) is 0.506. The van der Waals surface area contributed by atoms with Crippen LogP contribution >= 0.6 is 0 Å². The Hall–Kier alpha value is -1.27. The molecule has 21 heavy (non-hydrogen) atoms. The minimum Gasteiger partial charge on any atom is -0.395 e. The second kappa shape index (κ2) is 7.66. The number of nitrogens with zero attached hydrogens (tertiary/aromatic N) is 1. The summed E-state index contributed by atoms with van der Waals surface area (Å²) in [6.07, 6.45) is -2.55. The highest BCUT2D eigenvalue weighted by molar-refractivity contribution is 5.54. The summed E-state index contributed by atoms with van der Waals surface area (Å²) in [6.45, 7) is 5.30. The van der Waals surface area contributed by atoms with Crippen molar-refractivity contribution in [1.82, 2.24) is 5.32 Å². The summed E-state index contributed by atoms with van der Waals surface area (Å²) in [4.78, 5) is 1.31. The smallest absolute Gasteiger partial charge is 0.255 e. The number of aliphatic hydroxyl groups is 1. The number of aliphatic hydroxyl groups excluding tert-OH is 1. The average molecular weight is 304 g/mol. The van der Waals surface area contributed by atoms with Gasteiger partial charge in [-0.3, -0.25) is 0 Å². The molecule has 0 aromatic heterocycles. The average Bonchev–Trinajstić information content (AvgIpc) is 2.35. The van der Waals surface area contributed by atoms with E-state index in [1.165, 1.54) is 17.0 Å². The molecule has 0 bridgehead atoms.